The van der Waals surface area contributed by atoms with Crippen molar-refractivity contribution >= 4 is 11.6 Å². The number of hydrogen-bond acceptors (Lipinski definition) is 5. The maximum Gasteiger partial charge on any atom is 0.254 e. The van der Waals surface area contributed by atoms with Crippen molar-refractivity contribution in [3.63, 3.8) is 0 Å². The average Bonchev–Trinajstić information content (AvgIpc) is 3.33. The summed E-state index contributed by atoms with van der Waals surface area (Å²) < 4.78 is 38.4. The number of carbonyl (C=O) groups excluding carboxylic acids is 1. The van der Waals surface area contributed by atoms with Gasteiger partial charge in [-0.15, -0.1) is 0 Å². The van der Waals surface area contributed by atoms with Gasteiger partial charge in [-0.1, -0.05) is 18.2 Å². The van der Waals surface area contributed by atoms with Crippen molar-refractivity contribution in [3.8, 4) is 11.5 Å². The van der Waals surface area contributed by atoms with Gasteiger partial charge in [0.15, 0.2) is 11.5 Å². The predicted octanol–water partition coefficient (Wildman–Crippen LogP) is 3.99. The van der Waals surface area contributed by atoms with E-state index in [0.717, 1.165) is 37.4 Å². The van der Waals surface area contributed by atoms with E-state index in [2.05, 4.69) is 15.1 Å². The van der Waals surface area contributed by atoms with Crippen LogP contribution < -0.4 is 19.7 Å². The van der Waals surface area contributed by atoms with Crippen LogP contribution in [0.3, 0.4) is 0 Å². The molecule has 1 amide bonds. The molecule has 3 aromatic rings. The zero-order valence-electron chi connectivity index (χ0n) is 18.5. The number of piperazine rings is 1. The minimum Gasteiger partial charge on any atom is -0.454 e. The van der Waals surface area contributed by atoms with Crippen LogP contribution in [-0.4, -0.2) is 50.3 Å². The summed E-state index contributed by atoms with van der Waals surface area (Å²) in [5.41, 5.74) is 1.98. The van der Waals surface area contributed by atoms with Gasteiger partial charge in [-0.3, -0.25) is 9.69 Å². The van der Waals surface area contributed by atoms with Gasteiger partial charge >= 0.3 is 0 Å². The molecule has 0 unspecified atom stereocenters. The summed E-state index contributed by atoms with van der Waals surface area (Å²) in [7, 11) is 0. The summed E-state index contributed by atoms with van der Waals surface area (Å²) in [6.45, 7) is 3.49. The highest BCUT2D eigenvalue weighted by Crippen LogP contribution is 2.36. The zero-order chi connectivity index (χ0) is 23.5. The number of rotatable bonds is 6. The smallest absolute Gasteiger partial charge is 0.254 e. The number of amides is 1. The first kappa shape index (κ1) is 22.2. The van der Waals surface area contributed by atoms with Gasteiger partial charge in [-0.05, 0) is 54.1 Å². The Balaban J connectivity index is 1.32. The molecular formula is C26H25F2N3O3. The van der Waals surface area contributed by atoms with Crippen molar-refractivity contribution in [1.29, 1.82) is 0 Å². The van der Waals surface area contributed by atoms with Gasteiger partial charge in [0.25, 0.3) is 5.91 Å². The van der Waals surface area contributed by atoms with Crippen molar-refractivity contribution in [3.05, 3.63) is 89.5 Å². The highest BCUT2D eigenvalue weighted by molar-refractivity contribution is 5.94. The number of benzene rings is 3. The fraction of sp³-hybridized carbons (Fsp3) is 0.269. The molecule has 6 nitrogen and oxygen atoms in total. The summed E-state index contributed by atoms with van der Waals surface area (Å²) in [4.78, 5) is 17.2. The van der Waals surface area contributed by atoms with Gasteiger partial charge in [-0.25, -0.2) is 8.78 Å². The van der Waals surface area contributed by atoms with Gasteiger partial charge < -0.3 is 19.7 Å². The molecule has 2 heterocycles. The largest absolute Gasteiger partial charge is 0.454 e. The molecule has 0 aliphatic carbocycles. The van der Waals surface area contributed by atoms with E-state index in [1.54, 1.807) is 24.3 Å². The van der Waals surface area contributed by atoms with Crippen molar-refractivity contribution in [2.75, 3.05) is 44.4 Å². The summed E-state index contributed by atoms with van der Waals surface area (Å²) in [5, 5.41) is 2.90. The molecule has 1 atom stereocenters. The van der Waals surface area contributed by atoms with Gasteiger partial charge in [0.2, 0.25) is 6.79 Å². The summed E-state index contributed by atoms with van der Waals surface area (Å²) in [6, 6.07) is 18.1. The second-order valence-electron chi connectivity index (χ2n) is 8.32. The van der Waals surface area contributed by atoms with E-state index in [1.807, 2.05) is 18.2 Å². The summed E-state index contributed by atoms with van der Waals surface area (Å²) in [6.07, 6.45) is 0. The normalized spacial score (nSPS) is 16.4. The van der Waals surface area contributed by atoms with Crippen LogP contribution in [0, 0.1) is 11.6 Å². The van der Waals surface area contributed by atoms with E-state index in [0.29, 0.717) is 18.0 Å². The van der Waals surface area contributed by atoms with Crippen LogP contribution in [0.15, 0.2) is 66.7 Å². The van der Waals surface area contributed by atoms with E-state index in [9.17, 15) is 13.6 Å². The molecule has 3 aromatic carbocycles. The first-order valence-corrected chi connectivity index (χ1v) is 11.3. The Morgan fingerprint density at radius 3 is 2.41 bits per heavy atom. The molecule has 2 aliphatic heterocycles. The number of halogens is 2. The van der Waals surface area contributed by atoms with Crippen LogP contribution in [0.2, 0.25) is 0 Å². The second kappa shape index (κ2) is 9.69. The third-order valence-corrected chi connectivity index (χ3v) is 6.30. The van der Waals surface area contributed by atoms with E-state index < -0.39 is 11.7 Å². The quantitative estimate of drug-likeness (QED) is 0.597. The van der Waals surface area contributed by atoms with Crippen LogP contribution in [0.1, 0.15) is 22.0 Å². The molecule has 1 saturated heterocycles. The summed E-state index contributed by atoms with van der Waals surface area (Å²) >= 11 is 0. The highest BCUT2D eigenvalue weighted by Gasteiger charge is 2.28. The molecule has 1 fully saturated rings. The Morgan fingerprint density at radius 2 is 1.65 bits per heavy atom. The lowest BCUT2D eigenvalue weighted by Gasteiger charge is -2.40. The fourth-order valence-corrected chi connectivity index (χ4v) is 4.45. The van der Waals surface area contributed by atoms with Gasteiger partial charge in [0.1, 0.15) is 11.6 Å². The van der Waals surface area contributed by atoms with Crippen molar-refractivity contribution in [2.45, 2.75) is 6.04 Å². The molecule has 5 rings (SSSR count). The van der Waals surface area contributed by atoms with Gasteiger partial charge in [0.05, 0.1) is 11.6 Å². The average molecular weight is 466 g/mol. The third kappa shape index (κ3) is 4.68. The summed E-state index contributed by atoms with van der Waals surface area (Å²) in [5.74, 6) is 0.115. The van der Waals surface area contributed by atoms with E-state index in [1.165, 1.54) is 24.3 Å². The first-order chi connectivity index (χ1) is 16.6. The number of carbonyl (C=O) groups is 1. The minimum absolute atomic E-state index is 0.0214. The Kier molecular flexibility index (Phi) is 6.31. The number of ether oxygens (including phenoxy) is 2. The molecule has 2 aliphatic rings. The number of hydrogen-bond donors (Lipinski definition) is 1. The standard InChI is InChI=1S/C26H25F2N3O3/c27-19-6-8-20(9-7-19)30-11-13-31(14-12-30)23(18-5-10-24-25(15-18)34-17-33-24)16-29-26(32)21-3-1-2-4-22(21)28/h1-10,15,23H,11-14,16-17H2,(H,29,32)/t23-/m0/s1. The second-order valence-corrected chi connectivity index (χ2v) is 8.32. The Morgan fingerprint density at radius 1 is 0.912 bits per heavy atom. The van der Waals surface area contributed by atoms with E-state index in [4.69, 9.17) is 9.47 Å². The van der Waals surface area contributed by atoms with Crippen molar-refractivity contribution in [1.82, 2.24) is 10.2 Å². The first-order valence-electron chi connectivity index (χ1n) is 11.3. The SMILES string of the molecule is O=C(NC[C@@H](c1ccc2c(c1)OCO2)N1CCN(c2ccc(F)cc2)CC1)c1ccccc1F. The third-order valence-electron chi connectivity index (χ3n) is 6.30. The van der Waals surface area contributed by atoms with Crippen molar-refractivity contribution < 1.29 is 23.0 Å². The molecule has 1 N–H and O–H groups in total. The van der Waals surface area contributed by atoms with Crippen LogP contribution >= 0.6 is 0 Å². The van der Waals surface area contributed by atoms with Crippen LogP contribution in [0.25, 0.3) is 0 Å². The van der Waals surface area contributed by atoms with E-state index in [-0.39, 0.29) is 24.2 Å². The van der Waals surface area contributed by atoms with Crippen molar-refractivity contribution in [2.24, 2.45) is 0 Å². The molecule has 0 radical (unpaired) electrons. The van der Waals surface area contributed by atoms with Gasteiger partial charge in [0, 0.05) is 38.4 Å². The van der Waals surface area contributed by atoms with Gasteiger partial charge in [-0.2, -0.15) is 0 Å². The fourth-order valence-electron chi connectivity index (χ4n) is 4.45. The minimum atomic E-state index is -0.549. The predicted molar refractivity (Wildman–Crippen MR) is 124 cm³/mol. The molecule has 176 valence electrons. The van der Waals surface area contributed by atoms with Crippen LogP contribution in [0.4, 0.5) is 14.5 Å². The molecular weight excluding hydrogens is 440 g/mol. The lowest BCUT2D eigenvalue weighted by molar-refractivity contribution is 0.0926. The Bertz CT molecular complexity index is 1160. The van der Waals surface area contributed by atoms with Crippen LogP contribution in [-0.2, 0) is 0 Å². The van der Waals surface area contributed by atoms with Crippen LogP contribution in [0.5, 0.6) is 11.5 Å². The molecule has 34 heavy (non-hydrogen) atoms. The number of anilines is 1. The maximum atomic E-state index is 14.1. The maximum absolute atomic E-state index is 14.1. The van der Waals surface area contributed by atoms with E-state index >= 15 is 0 Å². The lowest BCUT2D eigenvalue weighted by Crippen LogP contribution is -2.50. The molecule has 0 bridgehead atoms. The lowest BCUT2D eigenvalue weighted by atomic mass is 10.0. The Labute approximate surface area is 196 Å². The number of fused-ring (bicyclic) bond motifs is 1. The monoisotopic (exact) mass is 465 g/mol. The Hall–Kier alpha value is -3.65. The molecule has 0 aromatic heterocycles. The zero-order valence-corrected chi connectivity index (χ0v) is 18.5. The topological polar surface area (TPSA) is 54.0 Å². The molecule has 8 heteroatoms. The molecule has 0 spiro atoms. The highest BCUT2D eigenvalue weighted by atomic mass is 19.1. The number of nitrogens with zero attached hydrogens (tertiary/aromatic N) is 2. The number of nitrogens with one attached hydrogen (secondary N) is 1. The molecule has 0 saturated carbocycles.